The van der Waals surface area contributed by atoms with Crippen LogP contribution in [0.1, 0.15) is 45.6 Å². The molecule has 154 valence electrons. The van der Waals surface area contributed by atoms with Gasteiger partial charge in [0.05, 0.1) is 0 Å². The van der Waals surface area contributed by atoms with Crippen molar-refractivity contribution in [2.24, 2.45) is 22.7 Å². The van der Waals surface area contributed by atoms with Crippen molar-refractivity contribution >= 4 is 29.9 Å². The van der Waals surface area contributed by atoms with Gasteiger partial charge < -0.3 is 15.3 Å². The van der Waals surface area contributed by atoms with E-state index in [0.29, 0.717) is 17.8 Å². The summed E-state index contributed by atoms with van der Waals surface area (Å²) in [6.07, 6.45) is 4.35. The van der Waals surface area contributed by atoms with Gasteiger partial charge in [-0.2, -0.15) is 0 Å². The Labute approximate surface area is 182 Å². The van der Waals surface area contributed by atoms with Crippen molar-refractivity contribution in [2.45, 2.75) is 46.5 Å². The van der Waals surface area contributed by atoms with Crippen LogP contribution in [-0.2, 0) is 6.42 Å². The van der Waals surface area contributed by atoms with Gasteiger partial charge in [-0.1, -0.05) is 44.2 Å². The lowest BCUT2D eigenvalue weighted by molar-refractivity contribution is 0.245. The first kappa shape index (κ1) is 24.2. The van der Waals surface area contributed by atoms with Gasteiger partial charge in [-0.05, 0) is 55.9 Å². The summed E-state index contributed by atoms with van der Waals surface area (Å²) in [5, 5.41) is 12.8. The third-order valence-corrected chi connectivity index (χ3v) is 5.13. The van der Waals surface area contributed by atoms with Gasteiger partial charge in [0.25, 0.3) is 0 Å². The first-order valence-electron chi connectivity index (χ1n) is 10.3. The summed E-state index contributed by atoms with van der Waals surface area (Å²) in [6.45, 7) is 10.7. The van der Waals surface area contributed by atoms with Crippen LogP contribution in [0.5, 0.6) is 0 Å². The normalized spacial score (nSPS) is 18.5. The zero-order valence-electron chi connectivity index (χ0n) is 17.2. The number of aliphatic hydroxyl groups excluding tert-OH is 1. The second-order valence-corrected chi connectivity index (χ2v) is 7.99. The maximum Gasteiger partial charge on any atom is 0.193 e. The third-order valence-electron chi connectivity index (χ3n) is 5.13. The van der Waals surface area contributed by atoms with Gasteiger partial charge in [0, 0.05) is 32.8 Å². The molecule has 0 saturated carbocycles. The van der Waals surface area contributed by atoms with Crippen LogP contribution in [0.2, 0.25) is 0 Å². The number of hydrogen-bond donors (Lipinski definition) is 2. The van der Waals surface area contributed by atoms with Crippen LogP contribution in [-0.4, -0.2) is 48.8 Å². The lowest BCUT2D eigenvalue weighted by Gasteiger charge is -2.23. The summed E-state index contributed by atoms with van der Waals surface area (Å²) in [5.41, 5.74) is 1.43. The molecule has 1 heterocycles. The highest BCUT2D eigenvalue weighted by Gasteiger charge is 2.25. The Hall–Kier alpha value is -0.820. The average Bonchev–Trinajstić information content (AvgIpc) is 3.07. The Kier molecular flexibility index (Phi) is 12.0. The molecule has 1 fully saturated rings. The van der Waals surface area contributed by atoms with Crippen molar-refractivity contribution in [3.05, 3.63) is 35.9 Å². The molecule has 0 spiro atoms. The van der Waals surface area contributed by atoms with Crippen molar-refractivity contribution < 1.29 is 5.11 Å². The largest absolute Gasteiger partial charge is 0.396 e. The Morgan fingerprint density at radius 2 is 2.04 bits per heavy atom. The summed E-state index contributed by atoms with van der Waals surface area (Å²) in [5.74, 6) is 2.86. The minimum Gasteiger partial charge on any atom is -0.396 e. The van der Waals surface area contributed by atoms with Crippen LogP contribution in [0.15, 0.2) is 35.3 Å². The van der Waals surface area contributed by atoms with Crippen LogP contribution in [0.3, 0.4) is 0 Å². The van der Waals surface area contributed by atoms with Gasteiger partial charge in [0.2, 0.25) is 0 Å². The predicted molar refractivity (Wildman–Crippen MR) is 126 cm³/mol. The Bertz CT molecular complexity index is 536. The van der Waals surface area contributed by atoms with E-state index in [9.17, 15) is 5.11 Å². The number of aliphatic imine (C=N–C) groups is 1. The van der Waals surface area contributed by atoms with Crippen LogP contribution < -0.4 is 5.32 Å². The molecule has 0 aliphatic carbocycles. The minimum atomic E-state index is 0. The summed E-state index contributed by atoms with van der Waals surface area (Å²) in [7, 11) is 0. The van der Waals surface area contributed by atoms with Crippen LogP contribution in [0, 0.1) is 17.8 Å². The van der Waals surface area contributed by atoms with E-state index >= 15 is 0 Å². The van der Waals surface area contributed by atoms with E-state index in [-0.39, 0.29) is 30.6 Å². The highest BCUT2D eigenvalue weighted by molar-refractivity contribution is 14.0. The van der Waals surface area contributed by atoms with Crippen molar-refractivity contribution in [3.63, 3.8) is 0 Å². The Morgan fingerprint density at radius 3 is 2.67 bits per heavy atom. The molecule has 1 aliphatic heterocycles. The van der Waals surface area contributed by atoms with Gasteiger partial charge >= 0.3 is 0 Å². The molecule has 1 aliphatic rings. The first-order valence-corrected chi connectivity index (χ1v) is 10.3. The van der Waals surface area contributed by atoms with Gasteiger partial charge in [-0.25, -0.2) is 0 Å². The Balaban J connectivity index is 0.00000364. The lowest BCUT2D eigenvalue weighted by Crippen LogP contribution is -2.40. The molecule has 0 amide bonds. The quantitative estimate of drug-likeness (QED) is 0.312. The topological polar surface area (TPSA) is 47.9 Å². The molecular weight excluding hydrogens is 449 g/mol. The summed E-state index contributed by atoms with van der Waals surface area (Å²) in [6, 6.07) is 10.8. The van der Waals surface area contributed by atoms with Crippen molar-refractivity contribution in [1.29, 1.82) is 0 Å². The Morgan fingerprint density at radius 1 is 1.30 bits per heavy atom. The van der Waals surface area contributed by atoms with Gasteiger partial charge in [0.1, 0.15) is 0 Å². The van der Waals surface area contributed by atoms with Crippen LogP contribution >= 0.6 is 24.0 Å². The molecule has 0 radical (unpaired) electrons. The number of aliphatic hydroxyl groups is 1. The summed E-state index contributed by atoms with van der Waals surface area (Å²) in [4.78, 5) is 7.35. The van der Waals surface area contributed by atoms with Gasteiger partial charge in [-0.3, -0.25) is 4.99 Å². The number of guanidine groups is 1. The monoisotopic (exact) mass is 487 g/mol. The third kappa shape index (κ3) is 8.81. The van der Waals surface area contributed by atoms with Crippen LogP contribution in [0.4, 0.5) is 0 Å². The number of benzene rings is 1. The lowest BCUT2D eigenvalue weighted by atomic mass is 9.94. The standard InChI is InChI=1S/C22H37N3O.HI/c1-4-23-22(24-16-20(11-13-26)14-18(2)3)25-12-10-21(17-25)15-19-8-6-5-7-9-19;/h5-9,18,20-21,26H,4,10-17H2,1-3H3,(H,23,24);1H. The van der Waals surface area contributed by atoms with Gasteiger partial charge in [-0.15, -0.1) is 24.0 Å². The number of nitrogens with one attached hydrogen (secondary N) is 1. The molecule has 2 unspecified atom stereocenters. The molecule has 2 atom stereocenters. The molecule has 1 saturated heterocycles. The van der Waals surface area contributed by atoms with E-state index in [1.165, 1.54) is 12.0 Å². The fourth-order valence-corrected chi connectivity index (χ4v) is 3.91. The van der Waals surface area contributed by atoms with Crippen LogP contribution in [0.25, 0.3) is 0 Å². The van der Waals surface area contributed by atoms with E-state index < -0.39 is 0 Å². The van der Waals surface area contributed by atoms with E-state index in [2.05, 4.69) is 61.3 Å². The molecule has 1 aromatic carbocycles. The summed E-state index contributed by atoms with van der Waals surface area (Å²) < 4.78 is 0. The SMILES string of the molecule is CCNC(=NCC(CCO)CC(C)C)N1CCC(Cc2ccccc2)C1.I. The zero-order chi connectivity index (χ0) is 18.8. The fourth-order valence-electron chi connectivity index (χ4n) is 3.91. The zero-order valence-corrected chi connectivity index (χ0v) is 19.6. The number of halogens is 1. The molecule has 2 rings (SSSR count). The second kappa shape index (κ2) is 13.4. The maximum absolute atomic E-state index is 9.33. The molecule has 27 heavy (non-hydrogen) atoms. The number of hydrogen-bond acceptors (Lipinski definition) is 2. The maximum atomic E-state index is 9.33. The van der Waals surface area contributed by atoms with Crippen molar-refractivity contribution in [1.82, 2.24) is 10.2 Å². The van der Waals surface area contributed by atoms with Crippen molar-refractivity contribution in [3.8, 4) is 0 Å². The number of rotatable bonds is 9. The molecule has 0 aromatic heterocycles. The predicted octanol–water partition coefficient (Wildman–Crippen LogP) is 4.18. The van der Waals surface area contributed by atoms with Gasteiger partial charge in [0.15, 0.2) is 5.96 Å². The molecule has 4 nitrogen and oxygen atoms in total. The minimum absolute atomic E-state index is 0. The molecular formula is C22H38IN3O. The average molecular weight is 487 g/mol. The molecule has 5 heteroatoms. The first-order chi connectivity index (χ1) is 12.6. The molecule has 0 bridgehead atoms. The smallest absolute Gasteiger partial charge is 0.193 e. The van der Waals surface area contributed by atoms with E-state index in [0.717, 1.165) is 51.4 Å². The highest BCUT2D eigenvalue weighted by Crippen LogP contribution is 2.21. The van der Waals surface area contributed by atoms with E-state index in [1.807, 2.05) is 0 Å². The molecule has 1 aromatic rings. The van der Waals surface area contributed by atoms with Crippen molar-refractivity contribution in [2.75, 3.05) is 32.8 Å². The van der Waals surface area contributed by atoms with E-state index in [4.69, 9.17) is 4.99 Å². The highest BCUT2D eigenvalue weighted by atomic mass is 127. The number of likely N-dealkylation sites (tertiary alicyclic amines) is 1. The summed E-state index contributed by atoms with van der Waals surface area (Å²) >= 11 is 0. The van der Waals surface area contributed by atoms with E-state index in [1.54, 1.807) is 0 Å². The number of nitrogens with zero attached hydrogens (tertiary/aromatic N) is 2. The fraction of sp³-hybridized carbons (Fsp3) is 0.682. The molecule has 2 N–H and O–H groups in total. The second-order valence-electron chi connectivity index (χ2n) is 7.99.